The van der Waals surface area contributed by atoms with Crippen molar-refractivity contribution in [3.63, 3.8) is 0 Å². The highest BCUT2D eigenvalue weighted by Gasteiger charge is 2.45. The number of esters is 1. The lowest BCUT2D eigenvalue weighted by Crippen LogP contribution is -2.57. The third-order valence-corrected chi connectivity index (χ3v) is 9.48. The number of nitrogens with zero attached hydrogens (tertiary/aromatic N) is 4. The lowest BCUT2D eigenvalue weighted by atomic mass is 10.1. The van der Waals surface area contributed by atoms with Gasteiger partial charge in [0.2, 0.25) is 5.91 Å². The Morgan fingerprint density at radius 3 is 2.69 bits per heavy atom. The Morgan fingerprint density at radius 2 is 2.00 bits per heavy atom. The summed E-state index contributed by atoms with van der Waals surface area (Å²) < 4.78 is 45.8. The molecule has 3 aliphatic heterocycles. The number of fused-ring (bicyclic) bond motifs is 2. The molecule has 2 fully saturated rings. The van der Waals surface area contributed by atoms with Gasteiger partial charge in [0.05, 0.1) is 55.7 Å². The predicted molar refractivity (Wildman–Crippen MR) is 178 cm³/mol. The van der Waals surface area contributed by atoms with E-state index in [-0.39, 0.29) is 29.0 Å². The number of rotatable bonds is 9. The van der Waals surface area contributed by atoms with Crippen LogP contribution in [-0.4, -0.2) is 72.4 Å². The second-order valence-electron chi connectivity index (χ2n) is 12.2. The van der Waals surface area contributed by atoms with Crippen molar-refractivity contribution >= 4 is 40.2 Å². The summed E-state index contributed by atoms with van der Waals surface area (Å²) in [5.41, 5.74) is 2.28. The molecule has 254 valence electrons. The fraction of sp³-hybridized carbons (Fsp3) is 0.361. The van der Waals surface area contributed by atoms with Crippen LogP contribution >= 0.6 is 11.6 Å². The summed E-state index contributed by atoms with van der Waals surface area (Å²) in [4.78, 5) is 35.4. The van der Waals surface area contributed by atoms with E-state index in [0.29, 0.717) is 78.1 Å². The van der Waals surface area contributed by atoms with Gasteiger partial charge in [-0.25, -0.2) is 14.2 Å². The van der Waals surface area contributed by atoms with E-state index < -0.39 is 23.6 Å². The maximum absolute atomic E-state index is 15.0. The van der Waals surface area contributed by atoms with Crippen LogP contribution < -0.4 is 19.1 Å². The average molecular weight is 689 g/mol. The number of piperazine rings is 1. The number of amides is 1. The van der Waals surface area contributed by atoms with Crippen LogP contribution in [0.3, 0.4) is 0 Å². The number of ether oxygens (including phenoxy) is 5. The largest absolute Gasteiger partial charge is 0.494 e. The molecule has 3 aliphatic rings. The van der Waals surface area contributed by atoms with E-state index >= 15 is 0 Å². The molecular weight excluding hydrogens is 655 g/mol. The van der Waals surface area contributed by atoms with Gasteiger partial charge in [0, 0.05) is 38.1 Å². The molecular formula is C36H34ClFN4O7. The Balaban J connectivity index is 1.20. The highest BCUT2D eigenvalue weighted by molar-refractivity contribution is 6.30. The lowest BCUT2D eigenvalue weighted by molar-refractivity contribution is -0.126. The fourth-order valence-corrected chi connectivity index (χ4v) is 6.81. The Morgan fingerprint density at radius 1 is 1.18 bits per heavy atom. The number of aromatic nitrogens is 2. The lowest BCUT2D eigenvalue weighted by Gasteiger charge is -2.40. The molecule has 3 atom stereocenters. The summed E-state index contributed by atoms with van der Waals surface area (Å²) in [5, 5.41) is 0.251. The maximum atomic E-state index is 15.0. The average Bonchev–Trinajstić information content (AvgIpc) is 3.60. The topological polar surface area (TPSA) is 105 Å². The fourth-order valence-electron chi connectivity index (χ4n) is 6.65. The van der Waals surface area contributed by atoms with Crippen molar-refractivity contribution < 1.29 is 37.7 Å². The summed E-state index contributed by atoms with van der Waals surface area (Å²) in [6, 6.07) is 12.2. The van der Waals surface area contributed by atoms with Gasteiger partial charge in [-0.3, -0.25) is 9.69 Å². The monoisotopic (exact) mass is 688 g/mol. The Kier molecular flexibility index (Phi) is 8.60. The van der Waals surface area contributed by atoms with Crippen LogP contribution in [0, 0.1) is 18.2 Å². The molecule has 3 aromatic carbocycles. The highest BCUT2D eigenvalue weighted by Crippen LogP contribution is 2.50. The van der Waals surface area contributed by atoms with Gasteiger partial charge in [-0.1, -0.05) is 17.7 Å². The summed E-state index contributed by atoms with van der Waals surface area (Å²) in [6.07, 6.45) is 6.84. The second-order valence-corrected chi connectivity index (χ2v) is 12.7. The van der Waals surface area contributed by atoms with E-state index in [1.54, 1.807) is 48.2 Å². The summed E-state index contributed by atoms with van der Waals surface area (Å²) in [6.45, 7) is 3.87. The van der Waals surface area contributed by atoms with E-state index in [9.17, 15) is 14.0 Å². The highest BCUT2D eigenvalue weighted by atomic mass is 35.5. The standard InChI is InChI=1S/C36H34ClFN4O7/c1-5-7-27-34(43)41(26-8-6-9-29-33(26)49-36(2,48-29)24-11-10-22(37)18-25(24)38)14-13-40(27)20-31-39-32-28(42(31)19-23-12-15-47-23)16-21(35(44)46-4)17-30(32)45-3/h1,6,8-11,16-18,23,27H,7,12-15,19-20H2,2-4H3/t23-,27-,36-/m0/s1. The number of terminal acetylenes is 1. The first kappa shape index (κ1) is 32.7. The number of carbonyl (C=O) groups is 2. The number of hydrogen-bond donors (Lipinski definition) is 0. The van der Waals surface area contributed by atoms with Crippen LogP contribution in [-0.2, 0) is 33.1 Å². The van der Waals surface area contributed by atoms with Crippen LogP contribution in [0.25, 0.3) is 11.0 Å². The van der Waals surface area contributed by atoms with Crippen LogP contribution in [0.15, 0.2) is 48.5 Å². The van der Waals surface area contributed by atoms with Gasteiger partial charge in [-0.15, -0.1) is 12.3 Å². The number of para-hydroxylation sites is 1. The van der Waals surface area contributed by atoms with Gasteiger partial charge in [0.25, 0.3) is 5.79 Å². The van der Waals surface area contributed by atoms with Crippen molar-refractivity contribution in [2.75, 3.05) is 38.8 Å². The quantitative estimate of drug-likeness (QED) is 0.171. The third kappa shape index (κ3) is 5.82. The first-order valence-corrected chi connectivity index (χ1v) is 16.2. The molecule has 7 rings (SSSR count). The zero-order valence-electron chi connectivity index (χ0n) is 27.2. The molecule has 1 amide bonds. The summed E-state index contributed by atoms with van der Waals surface area (Å²) in [7, 11) is 2.85. The van der Waals surface area contributed by atoms with Crippen LogP contribution in [0.2, 0.25) is 5.02 Å². The molecule has 2 saturated heterocycles. The van der Waals surface area contributed by atoms with Crippen molar-refractivity contribution in [2.45, 2.75) is 50.8 Å². The normalized spacial score (nSPS) is 21.8. The van der Waals surface area contributed by atoms with Gasteiger partial charge >= 0.3 is 5.97 Å². The zero-order valence-corrected chi connectivity index (χ0v) is 28.0. The first-order valence-electron chi connectivity index (χ1n) is 15.9. The van der Waals surface area contributed by atoms with Crippen molar-refractivity contribution in [3.8, 4) is 29.6 Å². The van der Waals surface area contributed by atoms with Crippen LogP contribution in [0.5, 0.6) is 17.2 Å². The van der Waals surface area contributed by atoms with Crippen molar-refractivity contribution in [2.24, 2.45) is 0 Å². The van der Waals surface area contributed by atoms with Gasteiger partial charge < -0.3 is 33.2 Å². The molecule has 0 saturated carbocycles. The van der Waals surface area contributed by atoms with Gasteiger partial charge in [-0.2, -0.15) is 0 Å². The predicted octanol–water partition coefficient (Wildman–Crippen LogP) is 5.30. The number of halogens is 2. The molecule has 0 unspecified atom stereocenters. The van der Waals surface area contributed by atoms with Crippen molar-refractivity contribution in [1.29, 1.82) is 0 Å². The van der Waals surface area contributed by atoms with Gasteiger partial charge in [-0.05, 0) is 48.9 Å². The maximum Gasteiger partial charge on any atom is 0.338 e. The van der Waals surface area contributed by atoms with Crippen LogP contribution in [0.1, 0.15) is 41.5 Å². The van der Waals surface area contributed by atoms with Crippen molar-refractivity contribution in [1.82, 2.24) is 14.5 Å². The van der Waals surface area contributed by atoms with Gasteiger partial charge in [0.1, 0.15) is 28.9 Å². The molecule has 0 aliphatic carbocycles. The molecule has 13 heteroatoms. The van der Waals surface area contributed by atoms with E-state index in [1.165, 1.54) is 26.4 Å². The Hall–Kier alpha value is -4.83. The van der Waals surface area contributed by atoms with E-state index in [2.05, 4.69) is 5.92 Å². The number of benzene rings is 3. The smallest absolute Gasteiger partial charge is 0.338 e. The Labute approximate surface area is 287 Å². The molecule has 4 aromatic rings. The Bertz CT molecular complexity index is 2010. The van der Waals surface area contributed by atoms with E-state index in [1.807, 2.05) is 9.47 Å². The number of methoxy groups -OCH3 is 2. The number of anilines is 1. The van der Waals surface area contributed by atoms with Gasteiger partial charge in [0.15, 0.2) is 11.5 Å². The molecule has 1 aromatic heterocycles. The van der Waals surface area contributed by atoms with E-state index in [4.69, 9.17) is 46.7 Å². The molecule has 11 nitrogen and oxygen atoms in total. The minimum atomic E-state index is -1.48. The zero-order chi connectivity index (χ0) is 34.4. The van der Waals surface area contributed by atoms with Crippen molar-refractivity contribution in [3.05, 3.63) is 76.3 Å². The SMILES string of the molecule is C#CC[C@H]1C(=O)N(c2cccc3c2O[C@@](C)(c2ccc(Cl)cc2F)O3)CCN1Cc1nc2c(OC)cc(C(=O)OC)cc2n1C[C@@H]1CCO1. The minimum absolute atomic E-state index is 0.0154. The third-order valence-electron chi connectivity index (χ3n) is 9.25. The summed E-state index contributed by atoms with van der Waals surface area (Å²) >= 11 is 5.98. The molecule has 0 spiro atoms. The molecule has 0 radical (unpaired) electrons. The first-order chi connectivity index (χ1) is 23.6. The molecule has 0 N–H and O–H groups in total. The number of hydrogen-bond acceptors (Lipinski definition) is 9. The molecule has 49 heavy (non-hydrogen) atoms. The summed E-state index contributed by atoms with van der Waals surface area (Å²) in [5.74, 6) is 1.72. The number of imidazole rings is 1. The van der Waals surface area contributed by atoms with Crippen LogP contribution in [0.4, 0.5) is 10.1 Å². The number of carbonyl (C=O) groups excluding carboxylic acids is 2. The molecule has 0 bridgehead atoms. The minimum Gasteiger partial charge on any atom is -0.494 e. The second kappa shape index (κ2) is 12.9. The van der Waals surface area contributed by atoms with E-state index in [0.717, 1.165) is 6.42 Å². The molecule has 4 heterocycles.